The second kappa shape index (κ2) is 8.54. The van der Waals surface area contributed by atoms with Crippen LogP contribution in [0.25, 0.3) is 21.3 Å². The summed E-state index contributed by atoms with van der Waals surface area (Å²) >= 11 is 1.75. The number of nitrogens with zero attached hydrogens (tertiary/aromatic N) is 1. The zero-order valence-corrected chi connectivity index (χ0v) is 19.1. The number of rotatable bonds is 7. The van der Waals surface area contributed by atoms with Gasteiger partial charge in [-0.2, -0.15) is 0 Å². The Morgan fingerprint density at radius 3 is 2.70 bits per heavy atom. The number of aromatic nitrogens is 1. The van der Waals surface area contributed by atoms with Gasteiger partial charge in [0, 0.05) is 45.3 Å². The minimum absolute atomic E-state index is 0.152. The first kappa shape index (κ1) is 20.5. The lowest BCUT2D eigenvalue weighted by Crippen LogP contribution is -2.11. The molecular weight excluding hydrogens is 390 g/mol. The molecule has 0 saturated carbocycles. The monoisotopic (exact) mass is 419 g/mol. The average molecular weight is 420 g/mol. The Labute approximate surface area is 182 Å². The lowest BCUT2D eigenvalue weighted by atomic mass is 10.1. The summed E-state index contributed by atoms with van der Waals surface area (Å²) in [4.78, 5) is 6.68. The predicted molar refractivity (Wildman–Crippen MR) is 129 cm³/mol. The molecule has 0 atom stereocenters. The largest absolute Gasteiger partial charge is 0.491 e. The van der Waals surface area contributed by atoms with Gasteiger partial charge in [0.1, 0.15) is 5.75 Å². The van der Waals surface area contributed by atoms with E-state index in [4.69, 9.17) is 4.74 Å². The summed E-state index contributed by atoms with van der Waals surface area (Å²) in [6, 6.07) is 15.2. The van der Waals surface area contributed by atoms with Crippen molar-refractivity contribution >= 4 is 33.6 Å². The molecule has 2 aromatic heterocycles. The fourth-order valence-electron chi connectivity index (χ4n) is 3.73. The van der Waals surface area contributed by atoms with Crippen LogP contribution in [0.15, 0.2) is 54.0 Å². The second-order valence-electron chi connectivity index (χ2n) is 8.27. The van der Waals surface area contributed by atoms with Crippen LogP contribution in [-0.2, 0) is 6.54 Å². The fraction of sp³-hybridized carbons (Fsp3) is 0.280. The van der Waals surface area contributed by atoms with E-state index in [2.05, 4.69) is 97.9 Å². The maximum Gasteiger partial charge on any atom is 0.120 e. The van der Waals surface area contributed by atoms with Crippen molar-refractivity contribution < 1.29 is 4.74 Å². The van der Waals surface area contributed by atoms with Crippen molar-refractivity contribution in [2.24, 2.45) is 0 Å². The van der Waals surface area contributed by atoms with E-state index in [9.17, 15) is 0 Å². The standard InChI is InChI=1S/C25H29N3OS/c1-16(2)29-21-11-18(14-28(4)5)10-19(12-21)25-13-20(15-30-25)27-23-6-7-24-22(17(23)3)8-9-26-24/h6-13,15-16,26-27H,14H2,1-5H3. The number of ether oxygens (including phenoxy) is 1. The van der Waals surface area contributed by atoms with Gasteiger partial charge in [-0.1, -0.05) is 0 Å². The third-order valence-corrected chi connectivity index (χ3v) is 5.98. The van der Waals surface area contributed by atoms with Crippen LogP contribution in [0.4, 0.5) is 11.4 Å². The van der Waals surface area contributed by atoms with Crippen LogP contribution in [0, 0.1) is 6.92 Å². The van der Waals surface area contributed by atoms with E-state index in [0.29, 0.717) is 0 Å². The highest BCUT2D eigenvalue weighted by Crippen LogP contribution is 2.35. The number of anilines is 2. The molecule has 0 saturated heterocycles. The minimum atomic E-state index is 0.152. The van der Waals surface area contributed by atoms with Crippen molar-refractivity contribution in [3.05, 3.63) is 65.2 Å². The summed E-state index contributed by atoms with van der Waals surface area (Å²) in [5.41, 5.74) is 7.11. The molecule has 2 aromatic carbocycles. The molecule has 0 amide bonds. The van der Waals surface area contributed by atoms with Gasteiger partial charge >= 0.3 is 0 Å². The number of aryl methyl sites for hydroxylation is 1. The number of hydrogen-bond donors (Lipinski definition) is 2. The summed E-state index contributed by atoms with van der Waals surface area (Å²) in [6.07, 6.45) is 2.14. The molecular formula is C25H29N3OS. The lowest BCUT2D eigenvalue weighted by molar-refractivity contribution is 0.242. The van der Waals surface area contributed by atoms with Crippen LogP contribution >= 0.6 is 11.3 Å². The Kier molecular flexibility index (Phi) is 5.84. The molecule has 0 aliphatic carbocycles. The Balaban J connectivity index is 1.63. The number of thiophene rings is 1. The maximum atomic E-state index is 6.02. The molecule has 4 rings (SSSR count). The molecule has 30 heavy (non-hydrogen) atoms. The van der Waals surface area contributed by atoms with Crippen molar-refractivity contribution in [3.63, 3.8) is 0 Å². The van der Waals surface area contributed by atoms with Gasteiger partial charge in [0.2, 0.25) is 0 Å². The predicted octanol–water partition coefficient (Wildman–Crippen LogP) is 6.80. The Bertz CT molecular complexity index is 1130. The molecule has 0 bridgehead atoms. The van der Waals surface area contributed by atoms with E-state index < -0.39 is 0 Å². The second-order valence-corrected chi connectivity index (χ2v) is 9.18. The molecule has 5 heteroatoms. The summed E-state index contributed by atoms with van der Waals surface area (Å²) in [5, 5.41) is 7.03. The fourth-order valence-corrected chi connectivity index (χ4v) is 4.56. The van der Waals surface area contributed by atoms with Crippen LogP contribution in [0.1, 0.15) is 25.0 Å². The summed E-state index contributed by atoms with van der Waals surface area (Å²) in [5.74, 6) is 0.927. The number of aromatic amines is 1. The first-order valence-corrected chi connectivity index (χ1v) is 11.1. The minimum Gasteiger partial charge on any atom is -0.491 e. The third-order valence-electron chi connectivity index (χ3n) is 5.00. The highest BCUT2D eigenvalue weighted by Gasteiger charge is 2.11. The lowest BCUT2D eigenvalue weighted by Gasteiger charge is -2.15. The molecule has 0 radical (unpaired) electrons. The van der Waals surface area contributed by atoms with E-state index in [1.54, 1.807) is 11.3 Å². The van der Waals surface area contributed by atoms with E-state index in [1.807, 2.05) is 6.20 Å². The molecule has 2 N–H and O–H groups in total. The van der Waals surface area contributed by atoms with Crippen LogP contribution in [-0.4, -0.2) is 30.1 Å². The van der Waals surface area contributed by atoms with Crippen LogP contribution < -0.4 is 10.1 Å². The maximum absolute atomic E-state index is 6.02. The summed E-state index contributed by atoms with van der Waals surface area (Å²) < 4.78 is 6.02. The van der Waals surface area contributed by atoms with Gasteiger partial charge in [-0.15, -0.1) is 11.3 Å². The van der Waals surface area contributed by atoms with Gasteiger partial charge in [-0.25, -0.2) is 0 Å². The number of nitrogens with one attached hydrogen (secondary N) is 2. The molecule has 0 aliphatic heterocycles. The number of benzene rings is 2. The zero-order chi connectivity index (χ0) is 21.3. The van der Waals surface area contributed by atoms with Crippen molar-refractivity contribution in [2.75, 3.05) is 19.4 Å². The van der Waals surface area contributed by atoms with Gasteiger partial charge in [0.15, 0.2) is 0 Å². The Hall–Kier alpha value is -2.76. The normalized spacial score (nSPS) is 11.6. The molecule has 0 aliphatic rings. The molecule has 4 aromatic rings. The van der Waals surface area contributed by atoms with Crippen LogP contribution in [0.3, 0.4) is 0 Å². The SMILES string of the molecule is Cc1c(Nc2csc(-c3cc(CN(C)C)cc(OC(C)C)c3)c2)ccc2[nH]ccc12. The third kappa shape index (κ3) is 4.53. The Morgan fingerprint density at radius 1 is 1.10 bits per heavy atom. The summed E-state index contributed by atoms with van der Waals surface area (Å²) in [7, 11) is 4.18. The van der Waals surface area contributed by atoms with E-state index in [-0.39, 0.29) is 6.10 Å². The topological polar surface area (TPSA) is 40.3 Å². The molecule has 0 spiro atoms. The average Bonchev–Trinajstić information content (AvgIpc) is 3.32. The van der Waals surface area contributed by atoms with Crippen LogP contribution in [0.5, 0.6) is 5.75 Å². The quantitative estimate of drug-likeness (QED) is 0.346. The molecule has 2 heterocycles. The van der Waals surface area contributed by atoms with Crippen molar-refractivity contribution in [1.82, 2.24) is 9.88 Å². The molecule has 156 valence electrons. The van der Waals surface area contributed by atoms with E-state index in [0.717, 1.165) is 23.7 Å². The van der Waals surface area contributed by atoms with Gasteiger partial charge in [0.25, 0.3) is 0 Å². The zero-order valence-electron chi connectivity index (χ0n) is 18.2. The van der Waals surface area contributed by atoms with Gasteiger partial charge in [-0.05, 0) is 94.0 Å². The summed E-state index contributed by atoms with van der Waals surface area (Å²) in [6.45, 7) is 7.17. The molecule has 4 nitrogen and oxygen atoms in total. The van der Waals surface area contributed by atoms with Crippen molar-refractivity contribution in [1.29, 1.82) is 0 Å². The highest BCUT2D eigenvalue weighted by atomic mass is 32.1. The smallest absolute Gasteiger partial charge is 0.120 e. The van der Waals surface area contributed by atoms with Gasteiger partial charge in [-0.3, -0.25) is 0 Å². The number of fused-ring (bicyclic) bond motifs is 1. The first-order chi connectivity index (χ1) is 14.4. The van der Waals surface area contributed by atoms with E-state index in [1.165, 1.54) is 32.5 Å². The van der Waals surface area contributed by atoms with Crippen molar-refractivity contribution in [3.8, 4) is 16.2 Å². The van der Waals surface area contributed by atoms with Crippen LogP contribution in [0.2, 0.25) is 0 Å². The van der Waals surface area contributed by atoms with E-state index >= 15 is 0 Å². The van der Waals surface area contributed by atoms with Gasteiger partial charge in [0.05, 0.1) is 6.10 Å². The molecule has 0 fully saturated rings. The molecule has 0 unspecified atom stereocenters. The first-order valence-electron chi connectivity index (χ1n) is 10.3. The van der Waals surface area contributed by atoms with Gasteiger partial charge < -0.3 is 19.9 Å². The number of H-pyrrole nitrogens is 1. The Morgan fingerprint density at radius 2 is 1.93 bits per heavy atom. The van der Waals surface area contributed by atoms with Crippen molar-refractivity contribution in [2.45, 2.75) is 33.4 Å². The number of hydrogen-bond acceptors (Lipinski definition) is 4. The highest BCUT2D eigenvalue weighted by molar-refractivity contribution is 7.14.